The normalized spacial score (nSPS) is 16.6. The lowest BCUT2D eigenvalue weighted by atomic mass is 10.0. The Labute approximate surface area is 102 Å². The SMILES string of the molecule is CC(C#N)C(=O)N1CCCc2ccccc2C1. The molecule has 17 heavy (non-hydrogen) atoms. The second-order valence-electron chi connectivity index (χ2n) is 4.48. The summed E-state index contributed by atoms with van der Waals surface area (Å²) in [5.41, 5.74) is 2.54. The molecule has 0 aromatic heterocycles. The first-order valence-corrected chi connectivity index (χ1v) is 5.97. The van der Waals surface area contributed by atoms with E-state index in [1.165, 1.54) is 11.1 Å². The van der Waals surface area contributed by atoms with Crippen LogP contribution in [-0.4, -0.2) is 17.4 Å². The Kier molecular flexibility index (Phi) is 3.43. The van der Waals surface area contributed by atoms with Gasteiger partial charge in [-0.2, -0.15) is 5.26 Å². The molecule has 0 spiro atoms. The number of nitriles is 1. The van der Waals surface area contributed by atoms with Crippen LogP contribution in [0.25, 0.3) is 0 Å². The van der Waals surface area contributed by atoms with Crippen LogP contribution in [-0.2, 0) is 17.8 Å². The quantitative estimate of drug-likeness (QED) is 0.739. The fourth-order valence-electron chi connectivity index (χ4n) is 2.22. The molecule has 1 aromatic carbocycles. The minimum absolute atomic E-state index is 0.0517. The van der Waals surface area contributed by atoms with Gasteiger partial charge in [0.15, 0.2) is 0 Å². The van der Waals surface area contributed by atoms with Crippen LogP contribution in [0.5, 0.6) is 0 Å². The van der Waals surface area contributed by atoms with Gasteiger partial charge < -0.3 is 4.90 Å². The predicted molar refractivity (Wildman–Crippen MR) is 65.0 cm³/mol. The monoisotopic (exact) mass is 228 g/mol. The van der Waals surface area contributed by atoms with E-state index in [2.05, 4.69) is 12.1 Å². The minimum Gasteiger partial charge on any atom is -0.337 e. The van der Waals surface area contributed by atoms with Crippen LogP contribution < -0.4 is 0 Å². The lowest BCUT2D eigenvalue weighted by Crippen LogP contribution is -2.34. The van der Waals surface area contributed by atoms with Crippen LogP contribution in [0.1, 0.15) is 24.5 Å². The Hall–Kier alpha value is -1.82. The summed E-state index contributed by atoms with van der Waals surface area (Å²) in [7, 11) is 0. The maximum Gasteiger partial charge on any atom is 0.239 e. The van der Waals surface area contributed by atoms with Crippen LogP contribution in [0.15, 0.2) is 24.3 Å². The number of nitrogens with zero attached hydrogens (tertiary/aromatic N) is 2. The molecule has 1 aliphatic rings. The fraction of sp³-hybridized carbons (Fsp3) is 0.429. The van der Waals surface area contributed by atoms with Crippen molar-refractivity contribution >= 4 is 5.91 Å². The molecular weight excluding hydrogens is 212 g/mol. The molecule has 1 atom stereocenters. The van der Waals surface area contributed by atoms with Crippen molar-refractivity contribution in [1.29, 1.82) is 5.26 Å². The van der Waals surface area contributed by atoms with Gasteiger partial charge in [-0.15, -0.1) is 0 Å². The highest BCUT2D eigenvalue weighted by Crippen LogP contribution is 2.19. The molecule has 88 valence electrons. The van der Waals surface area contributed by atoms with Crippen molar-refractivity contribution in [2.24, 2.45) is 5.92 Å². The van der Waals surface area contributed by atoms with Crippen LogP contribution in [0.2, 0.25) is 0 Å². The van der Waals surface area contributed by atoms with E-state index in [0.29, 0.717) is 6.54 Å². The third-order valence-electron chi connectivity index (χ3n) is 3.23. The molecule has 2 rings (SSSR count). The number of aryl methyl sites for hydroxylation is 1. The van der Waals surface area contributed by atoms with Crippen molar-refractivity contribution in [2.45, 2.75) is 26.3 Å². The summed E-state index contributed by atoms with van der Waals surface area (Å²) in [4.78, 5) is 13.8. The Bertz CT molecular complexity index is 462. The molecule has 1 aliphatic heterocycles. The first-order valence-electron chi connectivity index (χ1n) is 5.97. The lowest BCUT2D eigenvalue weighted by molar-refractivity contribution is -0.133. The minimum atomic E-state index is -0.541. The topological polar surface area (TPSA) is 44.1 Å². The number of benzene rings is 1. The number of carbonyl (C=O) groups is 1. The van der Waals surface area contributed by atoms with Crippen molar-refractivity contribution in [3.05, 3.63) is 35.4 Å². The number of amides is 1. The highest BCUT2D eigenvalue weighted by Gasteiger charge is 2.22. The van der Waals surface area contributed by atoms with Crippen LogP contribution in [0, 0.1) is 17.2 Å². The van der Waals surface area contributed by atoms with Gasteiger partial charge in [-0.25, -0.2) is 0 Å². The molecule has 3 heteroatoms. The fourth-order valence-corrected chi connectivity index (χ4v) is 2.22. The average Bonchev–Trinajstić information content (AvgIpc) is 2.58. The van der Waals surface area contributed by atoms with Gasteiger partial charge in [0.05, 0.1) is 6.07 Å². The lowest BCUT2D eigenvalue weighted by Gasteiger charge is -2.21. The molecule has 0 radical (unpaired) electrons. The third-order valence-corrected chi connectivity index (χ3v) is 3.23. The number of hydrogen-bond donors (Lipinski definition) is 0. The zero-order valence-corrected chi connectivity index (χ0v) is 10.0. The van der Waals surface area contributed by atoms with Crippen LogP contribution in [0.4, 0.5) is 0 Å². The maximum atomic E-state index is 12.0. The highest BCUT2D eigenvalue weighted by molar-refractivity contribution is 5.80. The standard InChI is InChI=1S/C14H16N2O/c1-11(9-15)14(17)16-8-4-7-12-5-2-3-6-13(12)10-16/h2-3,5-6,11H,4,7-8,10H2,1H3. The van der Waals surface area contributed by atoms with Crippen molar-refractivity contribution in [3.63, 3.8) is 0 Å². The number of hydrogen-bond acceptors (Lipinski definition) is 2. The average molecular weight is 228 g/mol. The van der Waals surface area contributed by atoms with Crippen molar-refractivity contribution < 1.29 is 4.79 Å². The second-order valence-corrected chi connectivity index (χ2v) is 4.48. The van der Waals surface area contributed by atoms with Crippen LogP contribution >= 0.6 is 0 Å². The highest BCUT2D eigenvalue weighted by atomic mass is 16.2. The first-order chi connectivity index (χ1) is 8.22. The Balaban J connectivity index is 2.19. The summed E-state index contributed by atoms with van der Waals surface area (Å²) in [6.45, 7) is 3.06. The molecule has 3 nitrogen and oxygen atoms in total. The number of carbonyl (C=O) groups excluding carboxylic acids is 1. The molecule has 1 unspecified atom stereocenters. The summed E-state index contributed by atoms with van der Waals surface area (Å²) in [6.07, 6.45) is 1.99. The molecular formula is C14H16N2O. The molecule has 0 fully saturated rings. The molecule has 1 aromatic rings. The van der Waals surface area contributed by atoms with Gasteiger partial charge in [0.2, 0.25) is 5.91 Å². The number of fused-ring (bicyclic) bond motifs is 1. The van der Waals surface area contributed by atoms with E-state index in [4.69, 9.17) is 5.26 Å². The Morgan fingerprint density at radius 2 is 2.12 bits per heavy atom. The maximum absolute atomic E-state index is 12.0. The van der Waals surface area contributed by atoms with E-state index in [0.717, 1.165) is 19.4 Å². The van der Waals surface area contributed by atoms with E-state index in [1.807, 2.05) is 18.2 Å². The van der Waals surface area contributed by atoms with Gasteiger partial charge in [0.25, 0.3) is 0 Å². The smallest absolute Gasteiger partial charge is 0.239 e. The van der Waals surface area contributed by atoms with Gasteiger partial charge >= 0.3 is 0 Å². The molecule has 0 aliphatic carbocycles. The molecule has 0 N–H and O–H groups in total. The number of rotatable bonds is 1. The van der Waals surface area contributed by atoms with Gasteiger partial charge in [0.1, 0.15) is 5.92 Å². The van der Waals surface area contributed by atoms with Gasteiger partial charge in [-0.05, 0) is 30.9 Å². The Morgan fingerprint density at radius 3 is 2.82 bits per heavy atom. The zero-order valence-electron chi connectivity index (χ0n) is 10.0. The molecule has 1 amide bonds. The molecule has 0 saturated carbocycles. The van der Waals surface area contributed by atoms with E-state index in [9.17, 15) is 4.79 Å². The van der Waals surface area contributed by atoms with Gasteiger partial charge in [-0.3, -0.25) is 4.79 Å². The van der Waals surface area contributed by atoms with E-state index < -0.39 is 5.92 Å². The second kappa shape index (κ2) is 5.01. The summed E-state index contributed by atoms with van der Waals surface area (Å²) < 4.78 is 0. The van der Waals surface area contributed by atoms with E-state index in [-0.39, 0.29) is 5.91 Å². The van der Waals surface area contributed by atoms with Crippen molar-refractivity contribution in [2.75, 3.05) is 6.54 Å². The summed E-state index contributed by atoms with van der Waals surface area (Å²) in [5.74, 6) is -0.593. The van der Waals surface area contributed by atoms with E-state index in [1.54, 1.807) is 11.8 Å². The zero-order chi connectivity index (χ0) is 12.3. The summed E-state index contributed by atoms with van der Waals surface area (Å²) in [6, 6.07) is 10.2. The first kappa shape index (κ1) is 11.7. The van der Waals surface area contributed by atoms with Crippen molar-refractivity contribution in [1.82, 2.24) is 4.90 Å². The summed E-state index contributed by atoms with van der Waals surface area (Å²) >= 11 is 0. The summed E-state index contributed by atoms with van der Waals surface area (Å²) in [5, 5.41) is 8.80. The van der Waals surface area contributed by atoms with Crippen molar-refractivity contribution in [3.8, 4) is 6.07 Å². The molecule has 0 bridgehead atoms. The third kappa shape index (κ3) is 2.47. The van der Waals surface area contributed by atoms with Crippen LogP contribution in [0.3, 0.4) is 0 Å². The largest absolute Gasteiger partial charge is 0.337 e. The Morgan fingerprint density at radius 1 is 1.41 bits per heavy atom. The molecule has 0 saturated heterocycles. The predicted octanol–water partition coefficient (Wildman–Crippen LogP) is 2.12. The van der Waals surface area contributed by atoms with Gasteiger partial charge in [-0.1, -0.05) is 24.3 Å². The van der Waals surface area contributed by atoms with Gasteiger partial charge in [0, 0.05) is 13.1 Å². The molecule has 1 heterocycles. The van der Waals surface area contributed by atoms with E-state index >= 15 is 0 Å².